The Hall–Kier alpha value is -1.39. The van der Waals surface area contributed by atoms with Crippen molar-refractivity contribution in [2.24, 2.45) is 0 Å². The highest BCUT2D eigenvalue weighted by molar-refractivity contribution is 5.53. The van der Waals surface area contributed by atoms with Crippen molar-refractivity contribution in [2.45, 2.75) is 31.8 Å². The van der Waals surface area contributed by atoms with E-state index in [0.717, 1.165) is 25.7 Å². The maximum atomic E-state index is 4.33. The molecule has 2 heterocycles. The maximum Gasteiger partial charge on any atom is 0.0706 e. The molecule has 0 radical (unpaired) electrons. The third kappa shape index (κ3) is 2.89. The fraction of sp³-hybridized carbons (Fsp3) is 0.500. The smallest absolute Gasteiger partial charge is 0.0706 e. The van der Waals surface area contributed by atoms with Gasteiger partial charge < -0.3 is 10.6 Å². The second-order valence-corrected chi connectivity index (χ2v) is 4.96. The van der Waals surface area contributed by atoms with Crippen LogP contribution >= 0.6 is 0 Å². The Labute approximate surface area is 107 Å². The minimum atomic E-state index is 0.824. The summed E-state index contributed by atoms with van der Waals surface area (Å²) in [6.07, 6.45) is 7.87. The second-order valence-electron chi connectivity index (χ2n) is 4.96. The summed E-state index contributed by atoms with van der Waals surface area (Å²) >= 11 is 0. The van der Waals surface area contributed by atoms with Crippen LogP contribution in [0.1, 0.15) is 24.8 Å². The van der Waals surface area contributed by atoms with Gasteiger partial charge in [0.05, 0.1) is 11.7 Å². The van der Waals surface area contributed by atoms with E-state index in [0.29, 0.717) is 0 Å². The molecule has 0 amide bonds. The number of rotatable bonds is 7. The first-order chi connectivity index (χ1) is 8.93. The molecule has 0 aliphatic heterocycles. The molecule has 0 saturated heterocycles. The van der Waals surface area contributed by atoms with Crippen LogP contribution < -0.4 is 10.6 Å². The van der Waals surface area contributed by atoms with Crippen LogP contribution in [0.5, 0.6) is 0 Å². The highest BCUT2D eigenvalue weighted by atomic mass is 15.2. The molecule has 1 aliphatic rings. The van der Waals surface area contributed by atoms with Crippen LogP contribution in [0.3, 0.4) is 0 Å². The van der Waals surface area contributed by atoms with Crippen molar-refractivity contribution in [1.82, 2.24) is 20.2 Å². The van der Waals surface area contributed by atoms with Crippen LogP contribution in [-0.2, 0) is 6.54 Å². The Kier molecular flexibility index (Phi) is 3.57. The average Bonchev–Trinajstić information content (AvgIpc) is 3.14. The number of aromatic nitrogens is 2. The summed E-state index contributed by atoms with van der Waals surface area (Å²) < 4.78 is 1.92. The standard InChI is InChI=1S/C14H20N4/c1-2-9-18-14(4-1)12(11-17-18)10-15-7-3-8-16-13-5-6-13/h1-2,4,9,11,13,15-16H,3,5-8,10H2. The zero-order chi connectivity index (χ0) is 12.2. The van der Waals surface area contributed by atoms with Crippen molar-refractivity contribution in [3.8, 4) is 0 Å². The van der Waals surface area contributed by atoms with Gasteiger partial charge in [0.25, 0.3) is 0 Å². The third-order valence-corrected chi connectivity index (χ3v) is 3.36. The first kappa shape index (κ1) is 11.7. The molecule has 4 heteroatoms. The van der Waals surface area contributed by atoms with E-state index >= 15 is 0 Å². The van der Waals surface area contributed by atoms with Gasteiger partial charge in [0.2, 0.25) is 0 Å². The average molecular weight is 244 g/mol. The molecule has 0 unspecified atom stereocenters. The van der Waals surface area contributed by atoms with Crippen molar-refractivity contribution in [3.05, 3.63) is 36.2 Å². The van der Waals surface area contributed by atoms with E-state index in [1.807, 2.05) is 23.0 Å². The topological polar surface area (TPSA) is 41.4 Å². The number of fused-ring (bicyclic) bond motifs is 1. The molecule has 18 heavy (non-hydrogen) atoms. The molecule has 2 N–H and O–H groups in total. The Morgan fingerprint density at radius 2 is 2.22 bits per heavy atom. The molecule has 1 aliphatic carbocycles. The summed E-state index contributed by atoms with van der Waals surface area (Å²) in [5.74, 6) is 0. The van der Waals surface area contributed by atoms with Crippen molar-refractivity contribution in [1.29, 1.82) is 0 Å². The minimum Gasteiger partial charge on any atom is -0.314 e. The van der Waals surface area contributed by atoms with Gasteiger partial charge in [-0.3, -0.25) is 0 Å². The SMILES string of the molecule is c1ccn2ncc(CNCCCNC3CC3)c2c1. The van der Waals surface area contributed by atoms with Crippen LogP contribution in [0, 0.1) is 0 Å². The van der Waals surface area contributed by atoms with Crippen LogP contribution in [0.4, 0.5) is 0 Å². The molecule has 0 aromatic carbocycles. The van der Waals surface area contributed by atoms with Gasteiger partial charge in [-0.25, -0.2) is 4.52 Å². The number of pyridine rings is 1. The van der Waals surface area contributed by atoms with E-state index in [-0.39, 0.29) is 0 Å². The molecule has 96 valence electrons. The Morgan fingerprint density at radius 3 is 3.11 bits per heavy atom. The molecular weight excluding hydrogens is 224 g/mol. The van der Waals surface area contributed by atoms with Gasteiger partial charge in [0.1, 0.15) is 0 Å². The number of hydrogen-bond acceptors (Lipinski definition) is 3. The number of nitrogens with one attached hydrogen (secondary N) is 2. The fourth-order valence-corrected chi connectivity index (χ4v) is 2.15. The Morgan fingerprint density at radius 1 is 1.28 bits per heavy atom. The molecule has 0 atom stereocenters. The van der Waals surface area contributed by atoms with Gasteiger partial charge in [0.15, 0.2) is 0 Å². The molecule has 0 bridgehead atoms. The maximum absolute atomic E-state index is 4.33. The van der Waals surface area contributed by atoms with Crippen molar-refractivity contribution < 1.29 is 0 Å². The van der Waals surface area contributed by atoms with Gasteiger partial charge in [-0.05, 0) is 44.5 Å². The molecule has 1 fully saturated rings. The highest BCUT2D eigenvalue weighted by Crippen LogP contribution is 2.18. The van der Waals surface area contributed by atoms with E-state index in [9.17, 15) is 0 Å². The largest absolute Gasteiger partial charge is 0.314 e. The molecular formula is C14H20N4. The second kappa shape index (κ2) is 5.50. The van der Waals surface area contributed by atoms with Crippen LogP contribution in [-0.4, -0.2) is 28.7 Å². The van der Waals surface area contributed by atoms with Crippen LogP contribution in [0.25, 0.3) is 5.52 Å². The molecule has 2 aromatic rings. The highest BCUT2D eigenvalue weighted by Gasteiger charge is 2.19. The lowest BCUT2D eigenvalue weighted by Crippen LogP contribution is -2.23. The quantitative estimate of drug-likeness (QED) is 0.726. The number of nitrogens with zero attached hydrogens (tertiary/aromatic N) is 2. The van der Waals surface area contributed by atoms with Gasteiger partial charge >= 0.3 is 0 Å². The molecule has 3 rings (SSSR count). The van der Waals surface area contributed by atoms with Crippen LogP contribution in [0.15, 0.2) is 30.6 Å². The molecule has 4 nitrogen and oxygen atoms in total. The third-order valence-electron chi connectivity index (χ3n) is 3.36. The molecule has 0 spiro atoms. The Bertz CT molecular complexity index is 501. The first-order valence-electron chi connectivity index (χ1n) is 6.79. The van der Waals surface area contributed by atoms with Gasteiger partial charge in [-0.2, -0.15) is 5.10 Å². The molecule has 2 aromatic heterocycles. The first-order valence-corrected chi connectivity index (χ1v) is 6.79. The van der Waals surface area contributed by atoms with Gasteiger partial charge in [-0.15, -0.1) is 0 Å². The minimum absolute atomic E-state index is 0.824. The summed E-state index contributed by atoms with van der Waals surface area (Å²) in [6, 6.07) is 6.99. The van der Waals surface area contributed by atoms with Crippen molar-refractivity contribution in [3.63, 3.8) is 0 Å². The molecule has 1 saturated carbocycles. The van der Waals surface area contributed by atoms with Crippen molar-refractivity contribution in [2.75, 3.05) is 13.1 Å². The number of hydrogen-bond donors (Lipinski definition) is 2. The summed E-state index contributed by atoms with van der Waals surface area (Å²) in [7, 11) is 0. The normalized spacial score (nSPS) is 15.3. The monoisotopic (exact) mass is 244 g/mol. The van der Waals surface area contributed by atoms with Gasteiger partial charge in [0, 0.05) is 24.3 Å². The van der Waals surface area contributed by atoms with Gasteiger partial charge in [-0.1, -0.05) is 6.07 Å². The summed E-state index contributed by atoms with van der Waals surface area (Å²) in [6.45, 7) is 3.09. The predicted octanol–water partition coefficient (Wildman–Crippen LogP) is 1.57. The van der Waals surface area contributed by atoms with E-state index < -0.39 is 0 Å². The predicted molar refractivity (Wildman–Crippen MR) is 72.5 cm³/mol. The lowest BCUT2D eigenvalue weighted by molar-refractivity contribution is 0.594. The zero-order valence-corrected chi connectivity index (χ0v) is 10.6. The van der Waals surface area contributed by atoms with Crippen molar-refractivity contribution >= 4 is 5.52 Å². The van der Waals surface area contributed by atoms with Crippen LogP contribution in [0.2, 0.25) is 0 Å². The zero-order valence-electron chi connectivity index (χ0n) is 10.6. The van der Waals surface area contributed by atoms with E-state index in [1.165, 1.54) is 30.3 Å². The lowest BCUT2D eigenvalue weighted by Gasteiger charge is -2.04. The Balaban J connectivity index is 1.41. The summed E-state index contributed by atoms with van der Waals surface area (Å²) in [4.78, 5) is 0. The van der Waals surface area contributed by atoms with E-state index in [4.69, 9.17) is 0 Å². The fourth-order valence-electron chi connectivity index (χ4n) is 2.15. The lowest BCUT2D eigenvalue weighted by atomic mass is 10.2. The van der Waals surface area contributed by atoms with E-state index in [1.54, 1.807) is 0 Å². The summed E-state index contributed by atoms with van der Waals surface area (Å²) in [5, 5.41) is 11.3. The summed E-state index contributed by atoms with van der Waals surface area (Å²) in [5.41, 5.74) is 2.46. The van der Waals surface area contributed by atoms with E-state index in [2.05, 4.69) is 27.9 Å².